The summed E-state index contributed by atoms with van der Waals surface area (Å²) in [5.41, 5.74) is 1.80. The smallest absolute Gasteiger partial charge is 0.260 e. The number of amides is 2. The van der Waals surface area contributed by atoms with Crippen molar-refractivity contribution in [2.45, 2.75) is 19.8 Å². The molecule has 8 nitrogen and oxygen atoms in total. The Morgan fingerprint density at radius 1 is 1.00 bits per heavy atom. The summed E-state index contributed by atoms with van der Waals surface area (Å²) in [5, 5.41) is 2.94. The normalized spacial score (nSPS) is 15.1. The third kappa shape index (κ3) is 6.55. The summed E-state index contributed by atoms with van der Waals surface area (Å²) in [6.45, 7) is 8.66. The molecule has 2 aliphatic rings. The van der Waals surface area contributed by atoms with Crippen LogP contribution in [-0.2, 0) is 4.79 Å². The molecular weight excluding hydrogens is 458 g/mol. The minimum atomic E-state index is -0.138. The second kappa shape index (κ2) is 11.9. The molecule has 0 spiro atoms. The van der Waals surface area contributed by atoms with Crippen LogP contribution in [0.4, 0.5) is 0 Å². The van der Waals surface area contributed by atoms with E-state index in [4.69, 9.17) is 14.2 Å². The third-order valence-corrected chi connectivity index (χ3v) is 5.98. The van der Waals surface area contributed by atoms with Gasteiger partial charge in [0.25, 0.3) is 11.8 Å². The molecule has 0 bridgehead atoms. The quantitative estimate of drug-likeness (QED) is 0.614. The van der Waals surface area contributed by atoms with Crippen LogP contribution in [0.1, 0.15) is 35.7 Å². The second-order valence-corrected chi connectivity index (χ2v) is 8.56. The molecule has 34 heavy (non-hydrogen) atoms. The van der Waals surface area contributed by atoms with Crippen LogP contribution in [-0.4, -0.2) is 74.3 Å². The van der Waals surface area contributed by atoms with Crippen LogP contribution in [0.3, 0.4) is 0 Å². The monoisotopic (exact) mass is 489 g/mol. The average Bonchev–Trinajstić information content (AvgIpc) is 3.31. The third-order valence-electron chi connectivity index (χ3n) is 5.98. The molecule has 9 heteroatoms. The number of halogens is 1. The Morgan fingerprint density at radius 3 is 2.41 bits per heavy atom. The number of fused-ring (bicyclic) bond motifs is 1. The van der Waals surface area contributed by atoms with Gasteiger partial charge < -0.3 is 24.4 Å². The van der Waals surface area contributed by atoms with Gasteiger partial charge in [-0.2, -0.15) is 0 Å². The van der Waals surface area contributed by atoms with Crippen LogP contribution in [0.25, 0.3) is 0 Å². The molecule has 2 heterocycles. The Bertz CT molecular complexity index is 975. The van der Waals surface area contributed by atoms with E-state index in [9.17, 15) is 9.59 Å². The van der Waals surface area contributed by atoms with Crippen molar-refractivity contribution < 1.29 is 23.8 Å². The zero-order chi connectivity index (χ0) is 23.2. The van der Waals surface area contributed by atoms with Crippen LogP contribution in [0.2, 0.25) is 0 Å². The van der Waals surface area contributed by atoms with Crippen molar-refractivity contribution in [3.05, 3.63) is 53.6 Å². The fourth-order valence-electron chi connectivity index (χ4n) is 3.87. The van der Waals surface area contributed by atoms with E-state index in [1.54, 1.807) is 18.2 Å². The van der Waals surface area contributed by atoms with E-state index in [1.165, 1.54) is 5.56 Å². The zero-order valence-corrected chi connectivity index (χ0v) is 20.4. The number of piperazine rings is 1. The van der Waals surface area contributed by atoms with Crippen molar-refractivity contribution >= 4 is 24.2 Å². The fourth-order valence-corrected chi connectivity index (χ4v) is 3.87. The number of hydrogen-bond acceptors (Lipinski definition) is 6. The van der Waals surface area contributed by atoms with E-state index in [2.05, 4.69) is 24.1 Å². The maximum Gasteiger partial charge on any atom is 0.260 e. The first kappa shape index (κ1) is 25.6. The number of rotatable bonds is 8. The number of ether oxygens (including phenoxy) is 3. The molecule has 0 radical (unpaired) electrons. The minimum absolute atomic E-state index is 0. The Balaban J connectivity index is 0.00000324. The largest absolute Gasteiger partial charge is 0.484 e. The summed E-state index contributed by atoms with van der Waals surface area (Å²) in [6, 6.07) is 13.1. The molecule has 0 atom stereocenters. The van der Waals surface area contributed by atoms with Crippen molar-refractivity contribution in [1.82, 2.24) is 15.1 Å². The molecule has 2 aliphatic heterocycles. The highest BCUT2D eigenvalue weighted by atomic mass is 35.5. The zero-order valence-electron chi connectivity index (χ0n) is 19.6. The summed E-state index contributed by atoms with van der Waals surface area (Å²) in [7, 11) is 0. The van der Waals surface area contributed by atoms with Crippen molar-refractivity contribution in [3.8, 4) is 17.2 Å². The molecule has 1 saturated heterocycles. The topological polar surface area (TPSA) is 80.3 Å². The van der Waals surface area contributed by atoms with Crippen LogP contribution in [0.5, 0.6) is 17.2 Å². The SMILES string of the molecule is CC(C)c1ccc(OCC(=O)N2CCN(CCNC(=O)c3ccc4c(c3)OCO4)CC2)cc1.Cl. The predicted molar refractivity (Wildman–Crippen MR) is 131 cm³/mol. The van der Waals surface area contributed by atoms with Gasteiger partial charge in [0.2, 0.25) is 6.79 Å². The van der Waals surface area contributed by atoms with Crippen LogP contribution in [0, 0.1) is 0 Å². The molecule has 2 aromatic rings. The molecule has 1 N–H and O–H groups in total. The maximum atomic E-state index is 12.5. The van der Waals surface area contributed by atoms with Crippen LogP contribution in [0.15, 0.2) is 42.5 Å². The van der Waals surface area contributed by atoms with E-state index >= 15 is 0 Å². The Hall–Kier alpha value is -2.97. The molecule has 4 rings (SSSR count). The highest BCUT2D eigenvalue weighted by Crippen LogP contribution is 2.32. The molecule has 0 aromatic heterocycles. The molecule has 184 valence electrons. The first-order chi connectivity index (χ1) is 16.0. The highest BCUT2D eigenvalue weighted by molar-refractivity contribution is 5.94. The fraction of sp³-hybridized carbons (Fsp3) is 0.440. The number of nitrogens with zero attached hydrogens (tertiary/aromatic N) is 2. The molecule has 1 fully saturated rings. The van der Waals surface area contributed by atoms with Gasteiger partial charge in [0.05, 0.1) is 0 Å². The van der Waals surface area contributed by atoms with E-state index < -0.39 is 0 Å². The molecule has 0 unspecified atom stereocenters. The Kier molecular flexibility index (Phi) is 9.01. The van der Waals surface area contributed by atoms with Crippen molar-refractivity contribution in [2.75, 3.05) is 52.7 Å². The standard InChI is InChI=1S/C25H31N3O5.ClH/c1-18(2)19-3-6-21(7-4-19)31-16-24(29)28-13-11-27(12-14-28)10-9-26-25(30)20-5-8-22-23(15-20)33-17-32-22;/h3-8,15,18H,9-14,16-17H2,1-2H3,(H,26,30);1H. The number of carbonyl (C=O) groups excluding carboxylic acids is 2. The lowest BCUT2D eigenvalue weighted by Crippen LogP contribution is -2.51. The Labute approximate surface area is 206 Å². The van der Waals surface area contributed by atoms with Crippen molar-refractivity contribution in [2.24, 2.45) is 0 Å². The van der Waals surface area contributed by atoms with E-state index in [-0.39, 0.29) is 37.6 Å². The summed E-state index contributed by atoms with van der Waals surface area (Å²) in [5.74, 6) is 2.30. The summed E-state index contributed by atoms with van der Waals surface area (Å²) < 4.78 is 16.3. The van der Waals surface area contributed by atoms with Crippen molar-refractivity contribution in [1.29, 1.82) is 0 Å². The van der Waals surface area contributed by atoms with Gasteiger partial charge in [-0.25, -0.2) is 0 Å². The minimum Gasteiger partial charge on any atom is -0.484 e. The van der Waals surface area contributed by atoms with Gasteiger partial charge >= 0.3 is 0 Å². The summed E-state index contributed by atoms with van der Waals surface area (Å²) in [6.07, 6.45) is 0. The van der Waals surface area contributed by atoms with Gasteiger partial charge in [0.15, 0.2) is 18.1 Å². The maximum absolute atomic E-state index is 12.5. The molecular formula is C25H32ClN3O5. The summed E-state index contributed by atoms with van der Waals surface area (Å²) in [4.78, 5) is 29.0. The van der Waals surface area contributed by atoms with E-state index in [0.717, 1.165) is 19.6 Å². The van der Waals surface area contributed by atoms with Gasteiger partial charge in [-0.1, -0.05) is 26.0 Å². The lowest BCUT2D eigenvalue weighted by molar-refractivity contribution is -0.135. The van der Waals surface area contributed by atoms with E-state index in [0.29, 0.717) is 48.4 Å². The molecule has 2 amide bonds. The van der Waals surface area contributed by atoms with Gasteiger partial charge in [-0.15, -0.1) is 12.4 Å². The molecule has 2 aromatic carbocycles. The van der Waals surface area contributed by atoms with Crippen molar-refractivity contribution in [3.63, 3.8) is 0 Å². The van der Waals surface area contributed by atoms with Crippen LogP contribution >= 0.6 is 12.4 Å². The molecule has 0 aliphatic carbocycles. The number of hydrogen-bond donors (Lipinski definition) is 1. The summed E-state index contributed by atoms with van der Waals surface area (Å²) >= 11 is 0. The number of benzene rings is 2. The van der Waals surface area contributed by atoms with Gasteiger partial charge in [-0.05, 0) is 41.8 Å². The van der Waals surface area contributed by atoms with Gasteiger partial charge in [0.1, 0.15) is 5.75 Å². The first-order valence-electron chi connectivity index (χ1n) is 11.4. The number of carbonyl (C=O) groups is 2. The highest BCUT2D eigenvalue weighted by Gasteiger charge is 2.22. The Morgan fingerprint density at radius 2 is 1.71 bits per heavy atom. The second-order valence-electron chi connectivity index (χ2n) is 8.56. The predicted octanol–water partition coefficient (Wildman–Crippen LogP) is 2.91. The average molecular weight is 490 g/mol. The van der Waals surface area contributed by atoms with Crippen LogP contribution < -0.4 is 19.5 Å². The lowest BCUT2D eigenvalue weighted by Gasteiger charge is -2.34. The van der Waals surface area contributed by atoms with E-state index in [1.807, 2.05) is 29.2 Å². The first-order valence-corrected chi connectivity index (χ1v) is 11.4. The van der Waals surface area contributed by atoms with Gasteiger partial charge in [-0.3, -0.25) is 14.5 Å². The lowest BCUT2D eigenvalue weighted by atomic mass is 10.0. The molecule has 0 saturated carbocycles. The van der Waals surface area contributed by atoms with Gasteiger partial charge in [0, 0.05) is 44.8 Å². The number of nitrogens with one attached hydrogen (secondary N) is 1.